The molecule has 1 heterocycles. The second-order valence-electron chi connectivity index (χ2n) is 4.04. The normalized spacial score (nSPS) is 11.4. The van der Waals surface area contributed by atoms with Gasteiger partial charge in [0, 0.05) is 0 Å². The van der Waals surface area contributed by atoms with Gasteiger partial charge in [-0.2, -0.15) is 0 Å². The van der Waals surface area contributed by atoms with E-state index in [-0.39, 0.29) is 20.8 Å². The highest BCUT2D eigenvalue weighted by Crippen LogP contribution is 2.27. The average Bonchev–Trinajstić information content (AvgIpc) is 2.33. The lowest BCUT2D eigenvalue weighted by atomic mass is 10.2. The number of pyridine rings is 1. The van der Waals surface area contributed by atoms with Crippen molar-refractivity contribution in [2.45, 2.75) is 11.8 Å². The van der Waals surface area contributed by atoms with E-state index in [1.807, 2.05) is 6.92 Å². The summed E-state index contributed by atoms with van der Waals surface area (Å²) >= 11 is 14.9. The standard InChI is InChI=1S/C12H9BrCl2N2O2S/c1-7-2-3-11(10(14)4-7)20(18,19)17-8-5-9(13)12(15)16-6-8/h2-6,17H,1H3. The topological polar surface area (TPSA) is 59.1 Å². The Hall–Kier alpha value is -0.820. The first-order chi connectivity index (χ1) is 9.29. The first-order valence-electron chi connectivity index (χ1n) is 5.39. The Morgan fingerprint density at radius 1 is 1.25 bits per heavy atom. The van der Waals surface area contributed by atoms with Gasteiger partial charge in [-0.25, -0.2) is 13.4 Å². The molecule has 0 aliphatic heterocycles. The lowest BCUT2D eigenvalue weighted by Gasteiger charge is -2.10. The monoisotopic (exact) mass is 394 g/mol. The van der Waals surface area contributed by atoms with Gasteiger partial charge in [0.2, 0.25) is 0 Å². The number of aromatic nitrogens is 1. The predicted octanol–water partition coefficient (Wildman–Crippen LogP) is 4.26. The highest BCUT2D eigenvalue weighted by Gasteiger charge is 2.18. The van der Waals surface area contributed by atoms with E-state index in [2.05, 4.69) is 25.6 Å². The van der Waals surface area contributed by atoms with Crippen LogP contribution in [0.25, 0.3) is 0 Å². The first-order valence-corrected chi connectivity index (χ1v) is 8.43. The third-order valence-corrected chi connectivity index (χ3v) is 5.42. The van der Waals surface area contributed by atoms with Crippen molar-refractivity contribution in [1.82, 2.24) is 4.98 Å². The van der Waals surface area contributed by atoms with Gasteiger partial charge in [0.25, 0.3) is 10.0 Å². The molecule has 4 nitrogen and oxygen atoms in total. The molecule has 2 aromatic rings. The van der Waals surface area contributed by atoms with Gasteiger partial charge in [0.15, 0.2) is 0 Å². The number of hydrogen-bond acceptors (Lipinski definition) is 3. The van der Waals surface area contributed by atoms with Crippen LogP contribution in [0, 0.1) is 6.92 Å². The minimum Gasteiger partial charge on any atom is -0.278 e. The summed E-state index contributed by atoms with van der Waals surface area (Å²) in [6.07, 6.45) is 1.33. The fourth-order valence-electron chi connectivity index (χ4n) is 1.51. The van der Waals surface area contributed by atoms with Crippen LogP contribution < -0.4 is 4.72 Å². The van der Waals surface area contributed by atoms with E-state index < -0.39 is 10.0 Å². The first kappa shape index (κ1) is 15.6. The van der Waals surface area contributed by atoms with Crippen molar-refractivity contribution in [3.05, 3.63) is 50.7 Å². The van der Waals surface area contributed by atoms with Gasteiger partial charge in [-0.3, -0.25) is 4.72 Å². The number of rotatable bonds is 3. The van der Waals surface area contributed by atoms with Crippen LogP contribution in [0.4, 0.5) is 5.69 Å². The van der Waals surface area contributed by atoms with Gasteiger partial charge in [0.1, 0.15) is 10.0 Å². The Morgan fingerprint density at radius 3 is 2.55 bits per heavy atom. The molecule has 0 saturated carbocycles. The van der Waals surface area contributed by atoms with Gasteiger partial charge < -0.3 is 0 Å². The van der Waals surface area contributed by atoms with Gasteiger partial charge in [0.05, 0.1) is 21.4 Å². The number of halogens is 3. The molecule has 0 aliphatic carbocycles. The molecule has 1 N–H and O–H groups in total. The van der Waals surface area contributed by atoms with Crippen molar-refractivity contribution in [2.24, 2.45) is 0 Å². The maximum atomic E-state index is 12.3. The minimum absolute atomic E-state index is 0.0100. The average molecular weight is 396 g/mol. The third-order valence-electron chi connectivity index (χ3n) is 2.43. The zero-order valence-corrected chi connectivity index (χ0v) is 14.1. The van der Waals surface area contributed by atoms with Crippen LogP contribution >= 0.6 is 39.1 Å². The number of sulfonamides is 1. The van der Waals surface area contributed by atoms with E-state index in [0.29, 0.717) is 4.47 Å². The summed E-state index contributed by atoms with van der Waals surface area (Å²) < 4.78 is 27.4. The Kier molecular flexibility index (Phi) is 4.59. The zero-order chi connectivity index (χ0) is 14.9. The molecule has 8 heteroatoms. The summed E-state index contributed by atoms with van der Waals surface area (Å²) in [4.78, 5) is 3.86. The van der Waals surface area contributed by atoms with Crippen molar-refractivity contribution < 1.29 is 8.42 Å². The Morgan fingerprint density at radius 2 is 1.95 bits per heavy atom. The molecule has 2 rings (SSSR count). The molecule has 1 aromatic carbocycles. The summed E-state index contributed by atoms with van der Waals surface area (Å²) in [5.41, 5.74) is 1.17. The summed E-state index contributed by atoms with van der Waals surface area (Å²) in [6, 6.07) is 6.25. The summed E-state index contributed by atoms with van der Waals surface area (Å²) in [5.74, 6) is 0. The van der Waals surface area contributed by atoms with E-state index in [1.54, 1.807) is 12.1 Å². The van der Waals surface area contributed by atoms with Crippen LogP contribution in [0.1, 0.15) is 5.56 Å². The van der Waals surface area contributed by atoms with E-state index >= 15 is 0 Å². The van der Waals surface area contributed by atoms with Crippen LogP contribution in [-0.2, 0) is 10.0 Å². The second kappa shape index (κ2) is 5.89. The van der Waals surface area contributed by atoms with E-state index in [4.69, 9.17) is 23.2 Å². The van der Waals surface area contributed by atoms with Crippen LogP contribution in [0.15, 0.2) is 39.8 Å². The SMILES string of the molecule is Cc1ccc(S(=O)(=O)Nc2cnc(Cl)c(Br)c2)c(Cl)c1. The smallest absolute Gasteiger partial charge is 0.263 e. The number of anilines is 1. The maximum absolute atomic E-state index is 12.3. The Bertz CT molecular complexity index is 766. The molecular formula is C12H9BrCl2N2O2S. The maximum Gasteiger partial charge on any atom is 0.263 e. The third kappa shape index (κ3) is 3.44. The van der Waals surface area contributed by atoms with Gasteiger partial charge >= 0.3 is 0 Å². The van der Waals surface area contributed by atoms with Crippen molar-refractivity contribution in [3.63, 3.8) is 0 Å². The van der Waals surface area contributed by atoms with Crippen LogP contribution in [0.5, 0.6) is 0 Å². The van der Waals surface area contributed by atoms with Crippen LogP contribution in [0.2, 0.25) is 10.2 Å². The molecular weight excluding hydrogens is 387 g/mol. The minimum atomic E-state index is -3.78. The molecule has 0 amide bonds. The predicted molar refractivity (Wildman–Crippen MR) is 83.9 cm³/mol. The molecule has 20 heavy (non-hydrogen) atoms. The molecule has 0 spiro atoms. The highest BCUT2D eigenvalue weighted by atomic mass is 79.9. The Labute approximate surface area is 135 Å². The van der Waals surface area contributed by atoms with Gasteiger partial charge in [-0.15, -0.1) is 0 Å². The molecule has 0 saturated heterocycles. The molecule has 0 bridgehead atoms. The van der Waals surface area contributed by atoms with Crippen molar-refractivity contribution in [1.29, 1.82) is 0 Å². The molecule has 0 fully saturated rings. The lowest BCUT2D eigenvalue weighted by molar-refractivity contribution is 0.601. The molecule has 0 atom stereocenters. The zero-order valence-electron chi connectivity index (χ0n) is 10.2. The number of aryl methyl sites for hydroxylation is 1. The van der Waals surface area contributed by atoms with Crippen molar-refractivity contribution >= 4 is 54.8 Å². The van der Waals surface area contributed by atoms with E-state index in [9.17, 15) is 8.42 Å². The molecule has 0 radical (unpaired) electrons. The van der Waals surface area contributed by atoms with Crippen LogP contribution in [0.3, 0.4) is 0 Å². The largest absolute Gasteiger partial charge is 0.278 e. The van der Waals surface area contributed by atoms with E-state index in [0.717, 1.165) is 5.56 Å². The van der Waals surface area contributed by atoms with Gasteiger partial charge in [-0.05, 0) is 46.6 Å². The van der Waals surface area contributed by atoms with Crippen LogP contribution in [-0.4, -0.2) is 13.4 Å². The highest BCUT2D eigenvalue weighted by molar-refractivity contribution is 9.10. The fourth-order valence-corrected chi connectivity index (χ4v) is 3.60. The molecule has 0 unspecified atom stereocenters. The Balaban J connectivity index is 2.38. The number of benzene rings is 1. The number of hydrogen-bond donors (Lipinski definition) is 1. The molecule has 0 aliphatic rings. The fraction of sp³-hybridized carbons (Fsp3) is 0.0833. The number of nitrogens with zero attached hydrogens (tertiary/aromatic N) is 1. The van der Waals surface area contributed by atoms with Crippen molar-refractivity contribution in [3.8, 4) is 0 Å². The molecule has 106 valence electrons. The number of nitrogens with one attached hydrogen (secondary N) is 1. The van der Waals surface area contributed by atoms with Crippen molar-refractivity contribution in [2.75, 3.05) is 4.72 Å². The summed E-state index contributed by atoms with van der Waals surface area (Å²) in [6.45, 7) is 1.83. The summed E-state index contributed by atoms with van der Waals surface area (Å²) in [7, 11) is -3.78. The molecule has 1 aromatic heterocycles. The second-order valence-corrected chi connectivity index (χ2v) is 7.31. The van der Waals surface area contributed by atoms with E-state index in [1.165, 1.54) is 18.3 Å². The lowest BCUT2D eigenvalue weighted by Crippen LogP contribution is -2.13. The quantitative estimate of drug-likeness (QED) is 0.789. The van der Waals surface area contributed by atoms with Gasteiger partial charge in [-0.1, -0.05) is 29.3 Å². The summed E-state index contributed by atoms with van der Waals surface area (Å²) in [5, 5.41) is 0.416.